The molecule has 11 nitrogen and oxygen atoms in total. The fraction of sp³-hybridized carbons (Fsp3) is 0.618. The highest BCUT2D eigenvalue weighted by Crippen LogP contribution is 2.68. The minimum atomic E-state index is -1.61. The summed E-state index contributed by atoms with van der Waals surface area (Å²) in [5, 5.41) is 33.0. The molecule has 1 saturated carbocycles. The summed E-state index contributed by atoms with van der Waals surface area (Å²) in [7, 11) is 0. The molecule has 1 heterocycles. The molecule has 0 aromatic carbocycles. The fourth-order valence-electron chi connectivity index (χ4n) is 7.27. The number of carbonyl (C=O) groups excluding carboxylic acids is 3. The van der Waals surface area contributed by atoms with Gasteiger partial charge in [-0.15, -0.1) is 0 Å². The second kappa shape index (κ2) is 15.5. The maximum atomic E-state index is 13.3. The van der Waals surface area contributed by atoms with Crippen molar-refractivity contribution in [3.63, 3.8) is 0 Å². The largest absolute Gasteiger partial charge is 0.455 e. The van der Waals surface area contributed by atoms with Gasteiger partial charge in [-0.1, -0.05) is 71.1 Å². The van der Waals surface area contributed by atoms with E-state index in [-0.39, 0.29) is 18.4 Å². The van der Waals surface area contributed by atoms with Gasteiger partial charge in [-0.3, -0.25) is 19.6 Å². The van der Waals surface area contributed by atoms with Crippen LogP contribution in [-0.4, -0.2) is 70.4 Å². The number of unbranched alkanes of at least 4 members (excludes halogenated alkanes) is 3. The highest BCUT2D eigenvalue weighted by molar-refractivity contribution is 5.82. The van der Waals surface area contributed by atoms with E-state index in [0.29, 0.717) is 5.57 Å². The van der Waals surface area contributed by atoms with Crippen LogP contribution in [0.25, 0.3) is 0 Å². The molecule has 2 fully saturated rings. The first-order chi connectivity index (χ1) is 21.3. The number of hydrogen-bond acceptors (Lipinski definition) is 11. The van der Waals surface area contributed by atoms with Gasteiger partial charge in [0.05, 0.1) is 12.2 Å². The zero-order valence-corrected chi connectivity index (χ0v) is 26.8. The standard InChI is InChI=1S/C34H48O11/c1-8-10-11-12-13-14-15-16-28(38)43-30-29(39)21(4)33(7,19-26(45-40)20(3)9-2)27-18-24(37)17-25-31(41-22(5)35)44-32(34(25,27)30)42-23(6)36/h9,13-17,21,24,26-27,29-32,37,39-40H,2-3,8,10-12,18-19H2,1,4-7H3/b14-13+,16-15+/t21-,24+,26-,27+,29-,30-,31+,32-,33-,34-/m1/s1. The number of ether oxygens (including phenoxy) is 4. The first-order valence-electron chi connectivity index (χ1n) is 15.5. The van der Waals surface area contributed by atoms with Crippen molar-refractivity contribution in [3.8, 4) is 0 Å². The van der Waals surface area contributed by atoms with Crippen molar-refractivity contribution in [2.75, 3.05) is 0 Å². The van der Waals surface area contributed by atoms with Crippen LogP contribution in [-0.2, 0) is 38.2 Å². The zero-order valence-electron chi connectivity index (χ0n) is 26.8. The number of hydrogen-bond donors (Lipinski definition) is 3. The van der Waals surface area contributed by atoms with Gasteiger partial charge in [0.25, 0.3) is 0 Å². The molecule has 1 saturated heterocycles. The Balaban J connectivity index is 2.18. The van der Waals surface area contributed by atoms with Crippen LogP contribution in [0.4, 0.5) is 0 Å². The number of aliphatic hydroxyl groups excluding tert-OH is 2. The molecule has 0 aromatic rings. The van der Waals surface area contributed by atoms with Gasteiger partial charge in [-0.05, 0) is 54.6 Å². The summed E-state index contributed by atoms with van der Waals surface area (Å²) in [5.41, 5.74) is -2.04. The van der Waals surface area contributed by atoms with E-state index >= 15 is 0 Å². The van der Waals surface area contributed by atoms with Gasteiger partial charge in [0.2, 0.25) is 12.6 Å². The normalized spacial score (nSPS) is 34.8. The molecule has 0 bridgehead atoms. The molecule has 250 valence electrons. The van der Waals surface area contributed by atoms with Crippen LogP contribution in [0.2, 0.25) is 0 Å². The van der Waals surface area contributed by atoms with Crippen molar-refractivity contribution in [1.82, 2.24) is 0 Å². The quantitative estimate of drug-likeness (QED) is 0.0356. The number of rotatable bonds is 14. The zero-order chi connectivity index (χ0) is 33.5. The summed E-state index contributed by atoms with van der Waals surface area (Å²) in [6.07, 6.45) is 5.94. The van der Waals surface area contributed by atoms with Crippen molar-refractivity contribution in [3.05, 3.63) is 60.8 Å². The molecule has 0 radical (unpaired) electrons. The predicted octanol–water partition coefficient (Wildman–Crippen LogP) is 4.70. The van der Waals surface area contributed by atoms with Crippen LogP contribution in [0.3, 0.4) is 0 Å². The van der Waals surface area contributed by atoms with Crippen LogP contribution in [0.1, 0.15) is 73.1 Å². The van der Waals surface area contributed by atoms with Crippen molar-refractivity contribution >= 4 is 17.9 Å². The van der Waals surface area contributed by atoms with Crippen molar-refractivity contribution in [1.29, 1.82) is 0 Å². The molecule has 2 aliphatic carbocycles. The maximum absolute atomic E-state index is 13.3. The molecule has 0 aromatic heterocycles. The Morgan fingerprint density at radius 3 is 2.42 bits per heavy atom. The van der Waals surface area contributed by atoms with Gasteiger partial charge in [0.1, 0.15) is 17.6 Å². The van der Waals surface area contributed by atoms with Crippen molar-refractivity contribution in [2.24, 2.45) is 22.7 Å². The molecule has 1 spiro atoms. The Kier molecular flexibility index (Phi) is 12.5. The minimum Gasteiger partial charge on any atom is -0.455 e. The number of carbonyl (C=O) groups is 3. The van der Waals surface area contributed by atoms with E-state index in [1.54, 1.807) is 19.1 Å². The third kappa shape index (κ3) is 7.49. The van der Waals surface area contributed by atoms with Crippen molar-refractivity contribution in [2.45, 2.75) is 110 Å². The van der Waals surface area contributed by atoms with E-state index in [4.69, 9.17) is 23.8 Å². The molecule has 0 amide bonds. The van der Waals surface area contributed by atoms with E-state index in [9.17, 15) is 29.9 Å². The van der Waals surface area contributed by atoms with Crippen LogP contribution in [0.5, 0.6) is 0 Å². The lowest BCUT2D eigenvalue weighted by Gasteiger charge is -2.62. The topological polar surface area (TPSA) is 158 Å². The summed E-state index contributed by atoms with van der Waals surface area (Å²) in [5.74, 6) is -3.57. The maximum Gasteiger partial charge on any atom is 0.331 e. The minimum absolute atomic E-state index is 0.0636. The van der Waals surface area contributed by atoms with Gasteiger partial charge in [-0.25, -0.2) is 9.68 Å². The van der Waals surface area contributed by atoms with Crippen LogP contribution < -0.4 is 0 Å². The highest BCUT2D eigenvalue weighted by Gasteiger charge is 2.75. The second-order valence-electron chi connectivity index (χ2n) is 12.4. The number of esters is 3. The van der Waals surface area contributed by atoms with Crippen LogP contribution in [0.15, 0.2) is 60.8 Å². The Bertz CT molecular complexity index is 1200. The third-order valence-electron chi connectivity index (χ3n) is 9.62. The smallest absolute Gasteiger partial charge is 0.331 e. The van der Waals surface area contributed by atoms with Crippen molar-refractivity contribution < 1.29 is 53.7 Å². The molecule has 3 aliphatic rings. The molecule has 3 rings (SSSR count). The van der Waals surface area contributed by atoms with Crippen LogP contribution >= 0.6 is 0 Å². The van der Waals surface area contributed by atoms with E-state index in [1.165, 1.54) is 32.1 Å². The Morgan fingerprint density at radius 2 is 1.82 bits per heavy atom. The van der Waals surface area contributed by atoms with Gasteiger partial charge in [-0.2, -0.15) is 0 Å². The Hall–Kier alpha value is -3.09. The summed E-state index contributed by atoms with van der Waals surface area (Å²) < 4.78 is 23.3. The fourth-order valence-corrected chi connectivity index (χ4v) is 7.27. The highest BCUT2D eigenvalue weighted by atomic mass is 17.1. The van der Waals surface area contributed by atoms with E-state index in [2.05, 4.69) is 20.1 Å². The second-order valence-corrected chi connectivity index (χ2v) is 12.4. The summed E-state index contributed by atoms with van der Waals surface area (Å²) >= 11 is 0. The summed E-state index contributed by atoms with van der Waals surface area (Å²) in [6.45, 7) is 15.7. The molecular formula is C34H48O11. The molecular weight excluding hydrogens is 584 g/mol. The Morgan fingerprint density at radius 1 is 1.13 bits per heavy atom. The van der Waals surface area contributed by atoms with Gasteiger partial charge in [0.15, 0.2) is 0 Å². The van der Waals surface area contributed by atoms with E-state index in [1.807, 2.05) is 13.0 Å². The lowest BCUT2D eigenvalue weighted by atomic mass is 9.44. The third-order valence-corrected chi connectivity index (χ3v) is 9.62. The first kappa shape index (κ1) is 36.4. The monoisotopic (exact) mass is 632 g/mol. The van der Waals surface area contributed by atoms with Gasteiger partial charge >= 0.3 is 17.9 Å². The van der Waals surface area contributed by atoms with E-state index in [0.717, 1.165) is 25.7 Å². The average molecular weight is 633 g/mol. The Labute approximate surface area is 265 Å². The molecule has 3 N–H and O–H groups in total. The molecule has 11 heteroatoms. The summed E-state index contributed by atoms with van der Waals surface area (Å²) in [6, 6.07) is 0. The molecule has 1 aliphatic heterocycles. The van der Waals surface area contributed by atoms with E-state index < -0.39 is 77.6 Å². The van der Waals surface area contributed by atoms with Gasteiger partial charge in [0, 0.05) is 25.5 Å². The molecule has 45 heavy (non-hydrogen) atoms. The summed E-state index contributed by atoms with van der Waals surface area (Å²) in [4.78, 5) is 42.7. The number of aliphatic hydroxyl groups is 2. The average Bonchev–Trinajstić information content (AvgIpc) is 3.27. The van der Waals surface area contributed by atoms with Crippen LogP contribution in [0, 0.1) is 22.7 Å². The molecule has 0 unspecified atom stereocenters. The lowest BCUT2D eigenvalue weighted by Crippen LogP contribution is -2.69. The molecule has 10 atom stereocenters. The predicted molar refractivity (Wildman–Crippen MR) is 164 cm³/mol. The SMILES string of the molecule is C=CC(=C)[C@@H](C[C@]1(C)[C@H](C)[C@@H](O)[C@@H](OC(=O)/C=C/C=C/CCCCC)[C@@]23C(=C[C@H](O)C[C@@H]12)[C@@H](OC(C)=O)O[C@H]3OC(C)=O)OO. The number of allylic oxidation sites excluding steroid dienone is 3. The first-order valence-corrected chi connectivity index (χ1v) is 15.5. The van der Waals surface area contributed by atoms with Gasteiger partial charge < -0.3 is 24.4 Å². The lowest BCUT2D eigenvalue weighted by molar-refractivity contribution is -0.298.